The van der Waals surface area contributed by atoms with Gasteiger partial charge in [-0.1, -0.05) is 12.1 Å². The smallest absolute Gasteiger partial charge is 0.279 e. The van der Waals surface area contributed by atoms with E-state index in [9.17, 15) is 18.8 Å². The first kappa shape index (κ1) is 20.0. The van der Waals surface area contributed by atoms with Crippen LogP contribution in [0.1, 0.15) is 20.0 Å². The lowest BCUT2D eigenvalue weighted by Gasteiger charge is -2.07. The monoisotopic (exact) mass is 413 g/mol. The fourth-order valence-corrected chi connectivity index (χ4v) is 3.24. The molecule has 3 rings (SSSR count). The zero-order chi connectivity index (χ0) is 20.8. The van der Waals surface area contributed by atoms with Crippen molar-refractivity contribution in [1.82, 2.24) is 10.9 Å². The van der Waals surface area contributed by atoms with E-state index in [1.165, 1.54) is 47.7 Å². The number of ether oxygens (including phenoxy) is 1. The SMILES string of the molecule is NC(=O)COc1ccc(C(=O)NNC(=O)c2ccc(-c3ccc(F)cc3)s2)cc1. The first-order valence-corrected chi connectivity index (χ1v) is 9.21. The van der Waals surface area contributed by atoms with Gasteiger partial charge in [-0.05, 0) is 54.1 Å². The predicted molar refractivity (Wildman–Crippen MR) is 106 cm³/mol. The van der Waals surface area contributed by atoms with E-state index in [0.717, 1.165) is 10.4 Å². The minimum absolute atomic E-state index is 0.262. The summed E-state index contributed by atoms with van der Waals surface area (Å²) in [6.45, 7) is -0.262. The van der Waals surface area contributed by atoms with Crippen molar-refractivity contribution in [3.05, 3.63) is 76.9 Å². The maximum atomic E-state index is 13.0. The van der Waals surface area contributed by atoms with Gasteiger partial charge in [0.15, 0.2) is 6.61 Å². The van der Waals surface area contributed by atoms with Crippen LogP contribution in [-0.2, 0) is 4.79 Å². The number of hydrogen-bond acceptors (Lipinski definition) is 5. The van der Waals surface area contributed by atoms with Crippen LogP contribution in [0.2, 0.25) is 0 Å². The van der Waals surface area contributed by atoms with Crippen molar-refractivity contribution in [3.63, 3.8) is 0 Å². The van der Waals surface area contributed by atoms with Gasteiger partial charge in [-0.25, -0.2) is 4.39 Å². The van der Waals surface area contributed by atoms with Gasteiger partial charge in [-0.15, -0.1) is 11.3 Å². The second-order valence-electron chi connectivity index (χ2n) is 5.86. The van der Waals surface area contributed by atoms with Crippen molar-refractivity contribution in [1.29, 1.82) is 0 Å². The van der Waals surface area contributed by atoms with Crippen LogP contribution >= 0.6 is 11.3 Å². The molecule has 4 N–H and O–H groups in total. The number of hydrazine groups is 1. The quantitative estimate of drug-likeness (QED) is 0.539. The summed E-state index contributed by atoms with van der Waals surface area (Å²) in [6, 6.07) is 15.3. The number of primary amides is 1. The highest BCUT2D eigenvalue weighted by Crippen LogP contribution is 2.28. The van der Waals surface area contributed by atoms with Gasteiger partial charge in [0.2, 0.25) is 0 Å². The highest BCUT2D eigenvalue weighted by Gasteiger charge is 2.12. The van der Waals surface area contributed by atoms with Crippen molar-refractivity contribution in [2.45, 2.75) is 0 Å². The number of hydrogen-bond donors (Lipinski definition) is 3. The van der Waals surface area contributed by atoms with Gasteiger partial charge in [-0.3, -0.25) is 25.2 Å². The Morgan fingerprint density at radius 2 is 1.55 bits per heavy atom. The summed E-state index contributed by atoms with van der Waals surface area (Å²) < 4.78 is 18.1. The maximum absolute atomic E-state index is 13.0. The van der Waals surface area contributed by atoms with Crippen molar-refractivity contribution < 1.29 is 23.5 Å². The molecule has 7 nitrogen and oxygen atoms in total. The second kappa shape index (κ2) is 8.98. The summed E-state index contributed by atoms with van der Waals surface area (Å²) in [6.07, 6.45) is 0. The van der Waals surface area contributed by atoms with Crippen molar-refractivity contribution in [2.24, 2.45) is 5.73 Å². The zero-order valence-electron chi connectivity index (χ0n) is 15.0. The highest BCUT2D eigenvalue weighted by atomic mass is 32.1. The molecule has 0 saturated heterocycles. The summed E-state index contributed by atoms with van der Waals surface area (Å²) >= 11 is 1.22. The van der Waals surface area contributed by atoms with Crippen LogP contribution in [0.5, 0.6) is 5.75 Å². The Bertz CT molecular complexity index is 1030. The molecular formula is C20H16FN3O4S. The number of carbonyl (C=O) groups excluding carboxylic acids is 3. The lowest BCUT2D eigenvalue weighted by molar-refractivity contribution is -0.119. The molecule has 1 aromatic heterocycles. The number of benzene rings is 2. The number of carbonyl (C=O) groups is 3. The molecule has 3 amide bonds. The van der Waals surface area contributed by atoms with Crippen LogP contribution < -0.4 is 21.3 Å². The first-order chi connectivity index (χ1) is 13.9. The van der Waals surface area contributed by atoms with E-state index in [0.29, 0.717) is 10.6 Å². The topological polar surface area (TPSA) is 111 Å². The van der Waals surface area contributed by atoms with Gasteiger partial charge in [0, 0.05) is 10.4 Å². The average molecular weight is 413 g/mol. The Balaban J connectivity index is 1.55. The van der Waals surface area contributed by atoms with Crippen LogP contribution in [0.3, 0.4) is 0 Å². The van der Waals surface area contributed by atoms with Crippen molar-refractivity contribution in [2.75, 3.05) is 6.61 Å². The van der Waals surface area contributed by atoms with E-state index in [1.807, 2.05) is 0 Å². The zero-order valence-corrected chi connectivity index (χ0v) is 15.8. The number of nitrogens with two attached hydrogens (primary N) is 1. The van der Waals surface area contributed by atoms with Gasteiger partial charge in [0.05, 0.1) is 4.88 Å². The molecule has 0 radical (unpaired) electrons. The molecule has 0 spiro atoms. The molecule has 0 aliphatic rings. The number of halogens is 1. The number of rotatable bonds is 6. The molecule has 29 heavy (non-hydrogen) atoms. The van der Waals surface area contributed by atoms with Gasteiger partial charge in [0.1, 0.15) is 11.6 Å². The van der Waals surface area contributed by atoms with Gasteiger partial charge >= 0.3 is 0 Å². The third kappa shape index (κ3) is 5.39. The van der Waals surface area contributed by atoms with E-state index < -0.39 is 17.7 Å². The molecular weight excluding hydrogens is 397 g/mol. The summed E-state index contributed by atoms with van der Waals surface area (Å²) in [5, 5.41) is 0. The molecule has 0 aliphatic heterocycles. The number of nitrogens with one attached hydrogen (secondary N) is 2. The molecule has 0 aliphatic carbocycles. The molecule has 148 valence electrons. The van der Waals surface area contributed by atoms with Crippen LogP contribution in [0.4, 0.5) is 4.39 Å². The Labute approximate surface area is 169 Å². The Hall–Kier alpha value is -3.72. The van der Waals surface area contributed by atoms with Crippen LogP contribution in [0.15, 0.2) is 60.7 Å². The molecule has 0 atom stereocenters. The molecule has 1 heterocycles. The number of amides is 3. The first-order valence-electron chi connectivity index (χ1n) is 8.40. The third-order valence-corrected chi connectivity index (χ3v) is 4.88. The Kier molecular flexibility index (Phi) is 6.20. The summed E-state index contributed by atoms with van der Waals surface area (Å²) in [4.78, 5) is 36.3. The van der Waals surface area contributed by atoms with E-state index >= 15 is 0 Å². The van der Waals surface area contributed by atoms with E-state index in [2.05, 4.69) is 10.9 Å². The highest BCUT2D eigenvalue weighted by molar-refractivity contribution is 7.17. The summed E-state index contributed by atoms with van der Waals surface area (Å²) in [5.41, 5.74) is 10.7. The summed E-state index contributed by atoms with van der Waals surface area (Å²) in [7, 11) is 0. The predicted octanol–water partition coefficient (Wildman–Crippen LogP) is 2.49. The van der Waals surface area contributed by atoms with Crippen LogP contribution in [0, 0.1) is 5.82 Å². The molecule has 3 aromatic rings. The van der Waals surface area contributed by atoms with E-state index in [-0.39, 0.29) is 18.0 Å². The molecule has 0 fully saturated rings. The number of thiophene rings is 1. The van der Waals surface area contributed by atoms with Gasteiger partial charge < -0.3 is 10.5 Å². The largest absolute Gasteiger partial charge is 0.484 e. The van der Waals surface area contributed by atoms with E-state index in [1.54, 1.807) is 24.3 Å². The third-order valence-electron chi connectivity index (χ3n) is 3.75. The standard InChI is InChI=1S/C20H16FN3O4S/c21-14-5-1-12(2-6-14)16-9-10-17(29-16)20(27)24-23-19(26)13-3-7-15(8-4-13)28-11-18(22)25/h1-10H,11H2,(H2,22,25)(H,23,26)(H,24,27). The summed E-state index contributed by atoms with van der Waals surface area (Å²) in [5.74, 6) is -1.55. The minimum Gasteiger partial charge on any atom is -0.484 e. The van der Waals surface area contributed by atoms with Gasteiger partial charge in [0.25, 0.3) is 17.7 Å². The minimum atomic E-state index is -0.606. The van der Waals surface area contributed by atoms with Crippen molar-refractivity contribution in [3.8, 4) is 16.2 Å². The molecule has 0 unspecified atom stereocenters. The Morgan fingerprint density at radius 3 is 2.21 bits per heavy atom. The average Bonchev–Trinajstić information content (AvgIpc) is 3.21. The lowest BCUT2D eigenvalue weighted by atomic mass is 10.2. The lowest BCUT2D eigenvalue weighted by Crippen LogP contribution is -2.41. The maximum Gasteiger partial charge on any atom is 0.279 e. The fourth-order valence-electron chi connectivity index (χ4n) is 2.33. The van der Waals surface area contributed by atoms with Crippen LogP contribution in [-0.4, -0.2) is 24.3 Å². The normalized spacial score (nSPS) is 10.2. The second-order valence-corrected chi connectivity index (χ2v) is 6.94. The Morgan fingerprint density at radius 1 is 0.897 bits per heavy atom. The molecule has 0 saturated carbocycles. The van der Waals surface area contributed by atoms with E-state index in [4.69, 9.17) is 10.5 Å². The molecule has 0 bridgehead atoms. The molecule has 9 heteroatoms. The van der Waals surface area contributed by atoms with Gasteiger partial charge in [-0.2, -0.15) is 0 Å². The fraction of sp³-hybridized carbons (Fsp3) is 0.0500. The molecule has 2 aromatic carbocycles. The van der Waals surface area contributed by atoms with Crippen molar-refractivity contribution >= 4 is 29.1 Å². The van der Waals surface area contributed by atoms with Crippen LogP contribution in [0.25, 0.3) is 10.4 Å².